The number of ether oxygens (including phenoxy) is 1. The Morgan fingerprint density at radius 2 is 2.17 bits per heavy atom. The van der Waals surface area contributed by atoms with Crippen LogP contribution in [0.3, 0.4) is 0 Å². The minimum absolute atomic E-state index is 0.00573. The molecule has 0 saturated carbocycles. The van der Waals surface area contributed by atoms with Crippen LogP contribution in [-0.2, 0) is 6.42 Å². The Balaban J connectivity index is 1.69. The van der Waals surface area contributed by atoms with Crippen LogP contribution in [0.5, 0.6) is 5.75 Å². The van der Waals surface area contributed by atoms with Crippen LogP contribution in [0, 0.1) is 0 Å². The van der Waals surface area contributed by atoms with Crippen LogP contribution in [0.2, 0.25) is 0 Å². The summed E-state index contributed by atoms with van der Waals surface area (Å²) in [5, 5.41) is 0. The Hall–Kier alpha value is -2.66. The second kappa shape index (κ2) is 4.92. The number of aromatic nitrogens is 2. The molecule has 118 valence electrons. The number of rotatable bonds is 1. The van der Waals surface area contributed by atoms with Crippen LogP contribution in [-0.4, -0.2) is 15.5 Å². The van der Waals surface area contributed by atoms with Gasteiger partial charge >= 0.3 is 0 Å². The van der Waals surface area contributed by atoms with Crippen LogP contribution in [0.4, 0.5) is 0 Å². The van der Waals surface area contributed by atoms with Crippen molar-refractivity contribution in [2.75, 3.05) is 0 Å². The van der Waals surface area contributed by atoms with Gasteiger partial charge in [-0.25, -0.2) is 9.38 Å². The summed E-state index contributed by atoms with van der Waals surface area (Å²) in [4.78, 5) is 18.1. The zero-order valence-electron chi connectivity index (χ0n) is 13.0. The first kappa shape index (κ1) is 13.7. The van der Waals surface area contributed by atoms with Gasteiger partial charge < -0.3 is 4.74 Å². The summed E-state index contributed by atoms with van der Waals surface area (Å²) in [5.41, 5.74) is 3.95. The first-order valence-corrected chi connectivity index (χ1v) is 8.72. The van der Waals surface area contributed by atoms with Gasteiger partial charge in [0.2, 0.25) is 0 Å². The van der Waals surface area contributed by atoms with Gasteiger partial charge in [-0.1, -0.05) is 29.5 Å². The molecule has 0 saturated heterocycles. The summed E-state index contributed by atoms with van der Waals surface area (Å²) < 4.78 is 8.14. The van der Waals surface area contributed by atoms with Crippen LogP contribution in [0.15, 0.2) is 47.3 Å². The summed E-state index contributed by atoms with van der Waals surface area (Å²) in [7, 11) is 0. The van der Waals surface area contributed by atoms with E-state index in [2.05, 4.69) is 18.0 Å². The molecule has 1 aliphatic rings. The van der Waals surface area contributed by atoms with E-state index in [4.69, 9.17) is 4.74 Å². The third kappa shape index (κ3) is 1.98. The zero-order chi connectivity index (χ0) is 16.3. The van der Waals surface area contributed by atoms with Crippen LogP contribution >= 0.6 is 11.3 Å². The molecule has 0 amide bonds. The second-order valence-corrected chi connectivity index (χ2v) is 7.14. The molecule has 2 aromatic heterocycles. The number of imidazole rings is 1. The number of para-hydroxylation sites is 2. The van der Waals surface area contributed by atoms with E-state index in [1.54, 1.807) is 4.40 Å². The van der Waals surface area contributed by atoms with Gasteiger partial charge in [0.25, 0.3) is 5.56 Å². The lowest BCUT2D eigenvalue weighted by Crippen LogP contribution is -2.22. The maximum Gasteiger partial charge on any atom is 0.274 e. The third-order valence-electron chi connectivity index (χ3n) is 4.36. The van der Waals surface area contributed by atoms with Crippen LogP contribution < -0.4 is 14.8 Å². The fourth-order valence-corrected chi connectivity index (χ4v) is 4.28. The quantitative estimate of drug-likeness (QED) is 0.538. The van der Waals surface area contributed by atoms with E-state index < -0.39 is 0 Å². The van der Waals surface area contributed by atoms with Crippen molar-refractivity contribution in [2.24, 2.45) is 0 Å². The number of thiazole rings is 1. The van der Waals surface area contributed by atoms with Crippen molar-refractivity contribution in [3.63, 3.8) is 0 Å². The van der Waals surface area contributed by atoms with E-state index in [-0.39, 0.29) is 11.7 Å². The smallest absolute Gasteiger partial charge is 0.274 e. The van der Waals surface area contributed by atoms with E-state index >= 15 is 0 Å². The van der Waals surface area contributed by atoms with Gasteiger partial charge in [-0.3, -0.25) is 4.79 Å². The minimum atomic E-state index is -0.00573. The molecular formula is C19H14N2O2S. The summed E-state index contributed by atoms with van der Waals surface area (Å²) in [5.74, 6) is 0.953. The van der Waals surface area contributed by atoms with E-state index in [0.717, 1.165) is 33.7 Å². The second-order valence-electron chi connectivity index (χ2n) is 6.13. The van der Waals surface area contributed by atoms with Crippen molar-refractivity contribution >= 4 is 33.4 Å². The molecule has 0 radical (unpaired) electrons. The van der Waals surface area contributed by atoms with Gasteiger partial charge in [0.05, 0.1) is 15.6 Å². The molecule has 5 rings (SSSR count). The van der Waals surface area contributed by atoms with Gasteiger partial charge in [0.15, 0.2) is 4.96 Å². The number of nitrogens with zero attached hydrogens (tertiary/aromatic N) is 2. The first-order chi connectivity index (χ1) is 11.7. The molecule has 4 nitrogen and oxygen atoms in total. The number of hydrogen-bond donors (Lipinski definition) is 0. The molecule has 0 aliphatic carbocycles. The standard InChI is InChI=1S/C19H14N2O2S/c1-11-8-13-9-12(6-7-16(13)23-11)10-17-18(22)21-15-5-3-2-4-14(15)20-19(21)24-17/h2-7,9-11H,8H2,1H3/b17-10+/t11-/m0/s1. The molecule has 5 heteroatoms. The lowest BCUT2D eigenvalue weighted by molar-refractivity contribution is 0.254. The summed E-state index contributed by atoms with van der Waals surface area (Å²) >= 11 is 1.43. The summed E-state index contributed by atoms with van der Waals surface area (Å²) in [6.07, 6.45) is 3.08. The van der Waals surface area contributed by atoms with Crippen molar-refractivity contribution in [2.45, 2.75) is 19.4 Å². The third-order valence-corrected chi connectivity index (χ3v) is 5.33. The maximum atomic E-state index is 12.8. The zero-order valence-corrected chi connectivity index (χ0v) is 13.8. The van der Waals surface area contributed by atoms with Gasteiger partial charge in [-0.15, -0.1) is 0 Å². The van der Waals surface area contributed by atoms with Crippen molar-refractivity contribution in [3.8, 4) is 5.75 Å². The molecule has 0 bridgehead atoms. The largest absolute Gasteiger partial charge is 0.490 e. The van der Waals surface area contributed by atoms with E-state index in [9.17, 15) is 4.79 Å². The fraction of sp³-hybridized carbons (Fsp3) is 0.158. The first-order valence-electron chi connectivity index (χ1n) is 7.90. The predicted molar refractivity (Wildman–Crippen MR) is 95.9 cm³/mol. The molecular weight excluding hydrogens is 320 g/mol. The number of benzene rings is 2. The molecule has 0 N–H and O–H groups in total. The van der Waals surface area contributed by atoms with Gasteiger partial charge in [0, 0.05) is 6.42 Å². The van der Waals surface area contributed by atoms with Gasteiger partial charge in [0.1, 0.15) is 11.9 Å². The van der Waals surface area contributed by atoms with Crippen molar-refractivity contribution < 1.29 is 4.74 Å². The van der Waals surface area contributed by atoms with E-state index in [0.29, 0.717) is 4.53 Å². The average molecular weight is 334 g/mol. The Kier molecular flexibility index (Phi) is 2.82. The van der Waals surface area contributed by atoms with Crippen molar-refractivity contribution in [3.05, 3.63) is 68.5 Å². The SMILES string of the molecule is C[C@H]1Cc2cc(/C=c3/sc4nc5ccccc5n4c3=O)ccc2O1. The molecule has 0 unspecified atom stereocenters. The minimum Gasteiger partial charge on any atom is -0.490 e. The Morgan fingerprint density at radius 1 is 1.29 bits per heavy atom. The normalized spacial score (nSPS) is 17.5. The Labute approximate surface area is 141 Å². The van der Waals surface area contributed by atoms with Gasteiger partial charge in [-0.2, -0.15) is 0 Å². The van der Waals surface area contributed by atoms with Crippen LogP contribution in [0.25, 0.3) is 22.1 Å². The van der Waals surface area contributed by atoms with E-state index in [1.165, 1.54) is 16.9 Å². The molecule has 0 spiro atoms. The molecule has 1 aliphatic heterocycles. The number of hydrogen-bond acceptors (Lipinski definition) is 4. The molecule has 2 aromatic carbocycles. The van der Waals surface area contributed by atoms with E-state index in [1.807, 2.05) is 42.5 Å². The predicted octanol–water partition coefficient (Wildman–Crippen LogP) is 2.78. The highest BCUT2D eigenvalue weighted by atomic mass is 32.1. The Morgan fingerprint density at radius 3 is 3.08 bits per heavy atom. The summed E-state index contributed by atoms with van der Waals surface area (Å²) in [6, 6.07) is 13.8. The lowest BCUT2D eigenvalue weighted by atomic mass is 10.1. The monoisotopic (exact) mass is 334 g/mol. The highest BCUT2D eigenvalue weighted by molar-refractivity contribution is 7.15. The number of fused-ring (bicyclic) bond motifs is 4. The van der Waals surface area contributed by atoms with Crippen molar-refractivity contribution in [1.82, 2.24) is 9.38 Å². The van der Waals surface area contributed by atoms with Crippen molar-refractivity contribution in [1.29, 1.82) is 0 Å². The lowest BCUT2D eigenvalue weighted by Gasteiger charge is -2.01. The Bertz CT molecular complexity index is 1210. The topological polar surface area (TPSA) is 43.6 Å². The average Bonchev–Trinajstić information content (AvgIpc) is 3.20. The molecule has 24 heavy (non-hydrogen) atoms. The van der Waals surface area contributed by atoms with Crippen LogP contribution in [0.1, 0.15) is 18.1 Å². The molecule has 3 heterocycles. The summed E-state index contributed by atoms with van der Waals surface area (Å²) in [6.45, 7) is 2.07. The molecule has 0 fully saturated rings. The fourth-order valence-electron chi connectivity index (χ4n) is 3.30. The highest BCUT2D eigenvalue weighted by Gasteiger charge is 2.18. The molecule has 1 atom stereocenters. The van der Waals surface area contributed by atoms with Gasteiger partial charge in [-0.05, 0) is 48.4 Å². The molecule has 4 aromatic rings. The highest BCUT2D eigenvalue weighted by Crippen LogP contribution is 2.29. The maximum absolute atomic E-state index is 12.8.